The highest BCUT2D eigenvalue weighted by atomic mass is 19.1. The Hall–Kier alpha value is -3.20. The number of fused-ring (bicyclic) bond motifs is 1. The van der Waals surface area contributed by atoms with E-state index >= 15 is 0 Å². The molecule has 3 heteroatoms. The number of aryl methyl sites for hydroxylation is 2. The summed E-state index contributed by atoms with van der Waals surface area (Å²) in [4.78, 5) is 12.8. The number of hydrogen-bond donors (Lipinski definition) is 0. The van der Waals surface area contributed by atoms with Crippen LogP contribution in [0.25, 0.3) is 21.9 Å². The quantitative estimate of drug-likeness (QED) is 0.508. The van der Waals surface area contributed by atoms with Crippen LogP contribution in [-0.2, 0) is 13.0 Å². The van der Waals surface area contributed by atoms with Gasteiger partial charge in [0.2, 0.25) is 0 Å². The molecule has 4 rings (SSSR count). The fourth-order valence-electron chi connectivity index (χ4n) is 3.22. The van der Waals surface area contributed by atoms with Crippen LogP contribution in [0.3, 0.4) is 0 Å². The lowest BCUT2D eigenvalue weighted by Crippen LogP contribution is -2.20. The molecule has 26 heavy (non-hydrogen) atoms. The summed E-state index contributed by atoms with van der Waals surface area (Å²) in [6.45, 7) is 0.633. The minimum atomic E-state index is -0.261. The molecule has 0 fully saturated rings. The van der Waals surface area contributed by atoms with E-state index in [4.69, 9.17) is 0 Å². The summed E-state index contributed by atoms with van der Waals surface area (Å²) in [5, 5.41) is 1.48. The number of rotatable bonds is 4. The number of hydrogen-bond acceptors (Lipinski definition) is 1. The molecule has 2 nitrogen and oxygen atoms in total. The van der Waals surface area contributed by atoms with Crippen LogP contribution in [0.15, 0.2) is 89.9 Å². The predicted octanol–water partition coefficient (Wildman–Crippen LogP) is 5.05. The molecule has 0 bridgehead atoms. The van der Waals surface area contributed by atoms with Crippen molar-refractivity contribution < 1.29 is 4.39 Å². The van der Waals surface area contributed by atoms with Crippen LogP contribution in [-0.4, -0.2) is 4.57 Å². The van der Waals surface area contributed by atoms with Gasteiger partial charge in [-0.3, -0.25) is 4.79 Å². The van der Waals surface area contributed by atoms with Gasteiger partial charge in [0.1, 0.15) is 5.82 Å². The summed E-state index contributed by atoms with van der Waals surface area (Å²) < 4.78 is 15.7. The van der Waals surface area contributed by atoms with Crippen molar-refractivity contribution in [1.82, 2.24) is 4.57 Å². The monoisotopic (exact) mass is 343 g/mol. The van der Waals surface area contributed by atoms with Crippen LogP contribution in [0.5, 0.6) is 0 Å². The maximum Gasteiger partial charge on any atom is 0.258 e. The van der Waals surface area contributed by atoms with Gasteiger partial charge in [-0.05, 0) is 47.2 Å². The van der Waals surface area contributed by atoms with Crippen LogP contribution in [0.4, 0.5) is 4.39 Å². The third-order valence-corrected chi connectivity index (χ3v) is 4.65. The number of benzene rings is 3. The van der Waals surface area contributed by atoms with Gasteiger partial charge in [-0.15, -0.1) is 0 Å². The molecule has 0 saturated carbocycles. The van der Waals surface area contributed by atoms with Crippen molar-refractivity contribution in [2.45, 2.75) is 13.0 Å². The molecule has 0 aliphatic rings. The third-order valence-electron chi connectivity index (χ3n) is 4.65. The largest absolute Gasteiger partial charge is 0.315 e. The fourth-order valence-corrected chi connectivity index (χ4v) is 3.22. The second kappa shape index (κ2) is 6.96. The van der Waals surface area contributed by atoms with Gasteiger partial charge in [0.05, 0.1) is 0 Å². The lowest BCUT2D eigenvalue weighted by Gasteiger charge is -2.09. The van der Waals surface area contributed by atoms with E-state index in [1.807, 2.05) is 48.7 Å². The van der Waals surface area contributed by atoms with E-state index in [-0.39, 0.29) is 11.4 Å². The Kier molecular flexibility index (Phi) is 4.36. The number of nitrogens with zero attached hydrogens (tertiary/aromatic N) is 1. The predicted molar refractivity (Wildman–Crippen MR) is 104 cm³/mol. The Labute approximate surface area is 151 Å². The molecule has 3 aromatic carbocycles. The first-order chi connectivity index (χ1) is 12.7. The minimum Gasteiger partial charge on any atom is -0.315 e. The van der Waals surface area contributed by atoms with Gasteiger partial charge < -0.3 is 4.57 Å². The number of aromatic nitrogens is 1. The van der Waals surface area contributed by atoms with Crippen LogP contribution >= 0.6 is 0 Å². The van der Waals surface area contributed by atoms with Gasteiger partial charge in [0.15, 0.2) is 0 Å². The molecule has 0 unspecified atom stereocenters. The Bertz CT molecular complexity index is 1120. The Morgan fingerprint density at radius 2 is 1.62 bits per heavy atom. The van der Waals surface area contributed by atoms with E-state index in [1.165, 1.54) is 11.6 Å². The molecule has 1 aromatic heterocycles. The molecule has 0 spiro atoms. The van der Waals surface area contributed by atoms with Gasteiger partial charge in [-0.1, -0.05) is 54.6 Å². The van der Waals surface area contributed by atoms with E-state index in [0.717, 1.165) is 17.4 Å². The second-order valence-electron chi connectivity index (χ2n) is 6.33. The van der Waals surface area contributed by atoms with Crippen LogP contribution < -0.4 is 5.56 Å². The molecule has 0 saturated heterocycles. The standard InChI is InChI=1S/C23H18FNO/c24-22-9-5-4-8-20(22)18-10-11-21-19(16-18)13-15-25(23(21)26)14-12-17-6-2-1-3-7-17/h1-11,13,15-16H,12,14H2. The van der Waals surface area contributed by atoms with E-state index < -0.39 is 0 Å². The number of halogens is 1. The Morgan fingerprint density at radius 1 is 0.846 bits per heavy atom. The van der Waals surface area contributed by atoms with E-state index in [0.29, 0.717) is 17.5 Å². The van der Waals surface area contributed by atoms with Gasteiger partial charge >= 0.3 is 0 Å². The van der Waals surface area contributed by atoms with E-state index in [2.05, 4.69) is 12.1 Å². The maximum atomic E-state index is 14.0. The molecule has 1 heterocycles. The normalized spacial score (nSPS) is 11.0. The smallest absolute Gasteiger partial charge is 0.258 e. The molecule has 0 atom stereocenters. The summed E-state index contributed by atoms with van der Waals surface area (Å²) in [6, 6.07) is 24.2. The molecular weight excluding hydrogens is 325 g/mol. The summed E-state index contributed by atoms with van der Waals surface area (Å²) in [5.41, 5.74) is 2.51. The minimum absolute atomic E-state index is 0.0153. The molecular formula is C23H18FNO. The van der Waals surface area contributed by atoms with Crippen molar-refractivity contribution in [2.24, 2.45) is 0 Å². The van der Waals surface area contributed by atoms with Gasteiger partial charge in [-0.2, -0.15) is 0 Å². The lowest BCUT2D eigenvalue weighted by molar-refractivity contribution is 0.631. The summed E-state index contributed by atoms with van der Waals surface area (Å²) >= 11 is 0. The average Bonchev–Trinajstić information content (AvgIpc) is 2.68. The van der Waals surface area contributed by atoms with Crippen molar-refractivity contribution >= 4 is 10.8 Å². The van der Waals surface area contributed by atoms with Gasteiger partial charge in [-0.25, -0.2) is 4.39 Å². The van der Waals surface area contributed by atoms with Crippen molar-refractivity contribution in [3.05, 3.63) is 107 Å². The zero-order valence-corrected chi connectivity index (χ0v) is 14.2. The van der Waals surface area contributed by atoms with Crippen molar-refractivity contribution in [1.29, 1.82) is 0 Å². The van der Waals surface area contributed by atoms with E-state index in [9.17, 15) is 9.18 Å². The van der Waals surface area contributed by atoms with Crippen molar-refractivity contribution in [3.63, 3.8) is 0 Å². The SMILES string of the molecule is O=c1c2ccc(-c3ccccc3F)cc2ccn1CCc1ccccc1. The van der Waals surface area contributed by atoms with Crippen molar-refractivity contribution in [3.8, 4) is 11.1 Å². The van der Waals surface area contributed by atoms with Gasteiger partial charge in [0, 0.05) is 23.7 Å². The molecule has 128 valence electrons. The summed E-state index contributed by atoms with van der Waals surface area (Å²) in [7, 11) is 0. The molecule has 0 aliphatic carbocycles. The summed E-state index contributed by atoms with van der Waals surface area (Å²) in [5.74, 6) is -0.261. The topological polar surface area (TPSA) is 22.0 Å². The molecule has 4 aromatic rings. The zero-order chi connectivity index (χ0) is 17.9. The van der Waals surface area contributed by atoms with Crippen LogP contribution in [0, 0.1) is 5.82 Å². The first-order valence-corrected chi connectivity index (χ1v) is 8.64. The highest BCUT2D eigenvalue weighted by molar-refractivity contribution is 5.86. The van der Waals surface area contributed by atoms with Crippen LogP contribution in [0.1, 0.15) is 5.56 Å². The Balaban J connectivity index is 1.67. The van der Waals surface area contributed by atoms with Crippen molar-refractivity contribution in [2.75, 3.05) is 0 Å². The summed E-state index contributed by atoms with van der Waals surface area (Å²) in [6.07, 6.45) is 2.62. The first kappa shape index (κ1) is 16.3. The number of pyridine rings is 1. The van der Waals surface area contributed by atoms with Crippen LogP contribution in [0.2, 0.25) is 0 Å². The second-order valence-corrected chi connectivity index (χ2v) is 6.33. The third kappa shape index (κ3) is 3.16. The molecule has 0 N–H and O–H groups in total. The highest BCUT2D eigenvalue weighted by Gasteiger charge is 2.08. The fraction of sp³-hybridized carbons (Fsp3) is 0.0870. The average molecular weight is 343 g/mol. The lowest BCUT2D eigenvalue weighted by atomic mass is 10.0. The van der Waals surface area contributed by atoms with Gasteiger partial charge in [0.25, 0.3) is 5.56 Å². The molecule has 0 aliphatic heterocycles. The maximum absolute atomic E-state index is 14.0. The molecule has 0 amide bonds. The first-order valence-electron chi connectivity index (χ1n) is 8.64. The zero-order valence-electron chi connectivity index (χ0n) is 14.2. The van der Waals surface area contributed by atoms with E-state index in [1.54, 1.807) is 22.8 Å². The molecule has 0 radical (unpaired) electrons. The highest BCUT2D eigenvalue weighted by Crippen LogP contribution is 2.25. The Morgan fingerprint density at radius 3 is 2.42 bits per heavy atom.